The third-order valence-corrected chi connectivity index (χ3v) is 15.0. The maximum Gasteiger partial charge on any atom is 0.119 e. The Morgan fingerprint density at radius 1 is 0.444 bits per heavy atom. The van der Waals surface area contributed by atoms with Gasteiger partial charge in [-0.2, -0.15) is 0 Å². The van der Waals surface area contributed by atoms with Crippen LogP contribution in [0.2, 0.25) is 10.0 Å². The molecule has 2 aliphatic rings. The molecule has 4 aromatic rings. The molecule has 63 heavy (non-hydrogen) atoms. The second-order valence-electron chi connectivity index (χ2n) is 19.1. The lowest BCUT2D eigenvalue weighted by atomic mass is 9.77. The van der Waals surface area contributed by atoms with Crippen molar-refractivity contribution >= 4 is 23.2 Å². The van der Waals surface area contributed by atoms with E-state index in [9.17, 15) is 0 Å². The van der Waals surface area contributed by atoms with Crippen LogP contribution >= 0.6 is 23.2 Å². The van der Waals surface area contributed by atoms with Crippen molar-refractivity contribution in [2.75, 3.05) is 13.2 Å². The third-order valence-electron chi connectivity index (χ3n) is 14.4. The molecule has 5 heteroatoms. The normalized spacial score (nSPS) is 20.0. The summed E-state index contributed by atoms with van der Waals surface area (Å²) in [4.78, 5) is 0. The van der Waals surface area contributed by atoms with Crippen LogP contribution in [0.15, 0.2) is 84.9 Å². The van der Waals surface area contributed by atoms with Crippen LogP contribution in [-0.4, -0.2) is 13.2 Å². The highest BCUT2D eigenvalue weighted by atomic mass is 35.5. The zero-order valence-electron chi connectivity index (χ0n) is 39.5. The molecule has 6 rings (SSSR count). The zero-order valence-corrected chi connectivity index (χ0v) is 41.0. The standard InChI is InChI=1S/C58H80Cl2O3/c1-5-9-13-15-39-61-51-33-27-47(28-34-51)57(53-37-31-49(41-55(53)59)45-23-19-43(20-24-45)17-11-7-3)63-58(48-29-35-52(36-30-48)62-40-16-14-10-6-2)54-38-32-50(42-56(54)60)46-25-21-44(22-26-46)18-12-8-4/h27-38,41-46,57-58H,5-26,39-40H2,1-4H3. The molecule has 344 valence electrons. The minimum atomic E-state index is -0.455. The van der Waals surface area contributed by atoms with Gasteiger partial charge in [-0.15, -0.1) is 0 Å². The van der Waals surface area contributed by atoms with Gasteiger partial charge in [0.25, 0.3) is 0 Å². The minimum absolute atomic E-state index is 0.455. The number of hydrogen-bond acceptors (Lipinski definition) is 3. The van der Waals surface area contributed by atoms with E-state index in [4.69, 9.17) is 37.4 Å². The molecular formula is C58H80Cl2O3. The Morgan fingerprint density at radius 2 is 0.825 bits per heavy atom. The largest absolute Gasteiger partial charge is 0.494 e. The molecule has 2 fully saturated rings. The van der Waals surface area contributed by atoms with Gasteiger partial charge in [-0.3, -0.25) is 0 Å². The lowest BCUT2D eigenvalue weighted by molar-refractivity contribution is 0.0309. The Kier molecular flexibility index (Phi) is 21.1. The lowest BCUT2D eigenvalue weighted by Gasteiger charge is -2.31. The number of benzene rings is 4. The van der Waals surface area contributed by atoms with E-state index in [-0.39, 0.29) is 0 Å². The Balaban J connectivity index is 1.31. The van der Waals surface area contributed by atoms with E-state index < -0.39 is 12.2 Å². The van der Waals surface area contributed by atoms with Crippen LogP contribution in [0, 0.1) is 11.8 Å². The van der Waals surface area contributed by atoms with Crippen LogP contribution in [0.1, 0.15) is 226 Å². The number of unbranched alkanes of at least 4 members (excludes halogenated alkanes) is 8. The van der Waals surface area contributed by atoms with Crippen molar-refractivity contribution in [3.8, 4) is 11.5 Å². The van der Waals surface area contributed by atoms with E-state index in [0.717, 1.165) is 81.7 Å². The Morgan fingerprint density at radius 3 is 1.17 bits per heavy atom. The molecular weight excluding hydrogens is 816 g/mol. The zero-order chi connectivity index (χ0) is 44.2. The number of hydrogen-bond donors (Lipinski definition) is 0. The number of halogens is 2. The first-order chi connectivity index (χ1) is 30.9. The van der Waals surface area contributed by atoms with Gasteiger partial charge in [0.15, 0.2) is 0 Å². The first-order valence-electron chi connectivity index (χ1n) is 25.6. The third kappa shape index (κ3) is 15.0. The van der Waals surface area contributed by atoms with Crippen LogP contribution in [0.4, 0.5) is 0 Å². The van der Waals surface area contributed by atoms with Crippen LogP contribution < -0.4 is 9.47 Å². The minimum Gasteiger partial charge on any atom is -0.494 e. The Labute approximate surface area is 393 Å². The average molecular weight is 896 g/mol. The maximum absolute atomic E-state index is 7.51. The van der Waals surface area contributed by atoms with Crippen molar-refractivity contribution in [3.05, 3.63) is 128 Å². The molecule has 0 saturated heterocycles. The summed E-state index contributed by atoms with van der Waals surface area (Å²) < 4.78 is 19.9. The van der Waals surface area contributed by atoms with Gasteiger partial charge in [-0.05, 0) is 147 Å². The fourth-order valence-corrected chi connectivity index (χ4v) is 10.9. The lowest BCUT2D eigenvalue weighted by Crippen LogP contribution is -2.16. The van der Waals surface area contributed by atoms with Crippen molar-refractivity contribution < 1.29 is 14.2 Å². The van der Waals surface area contributed by atoms with E-state index in [1.165, 1.54) is 140 Å². The van der Waals surface area contributed by atoms with Crippen LogP contribution in [-0.2, 0) is 4.74 Å². The molecule has 3 nitrogen and oxygen atoms in total. The van der Waals surface area contributed by atoms with Crippen molar-refractivity contribution in [3.63, 3.8) is 0 Å². The summed E-state index contributed by atoms with van der Waals surface area (Å²) in [7, 11) is 0. The van der Waals surface area contributed by atoms with Gasteiger partial charge in [0.05, 0.1) is 13.2 Å². The van der Waals surface area contributed by atoms with E-state index in [2.05, 4.69) is 113 Å². The van der Waals surface area contributed by atoms with Crippen LogP contribution in [0.5, 0.6) is 11.5 Å². The van der Waals surface area contributed by atoms with Crippen molar-refractivity contribution in [1.82, 2.24) is 0 Å². The highest BCUT2D eigenvalue weighted by Gasteiger charge is 2.30. The SMILES string of the molecule is CCCCCCOc1ccc(C(OC(c2ccc(OCCCCCC)cc2)c2ccc(C3CCC(CCCC)CC3)cc2Cl)c2ccc(C3CCC(CCCC)CC3)cc2Cl)cc1. The summed E-state index contributed by atoms with van der Waals surface area (Å²) in [6.45, 7) is 10.5. The van der Waals surface area contributed by atoms with Crippen LogP contribution in [0.25, 0.3) is 0 Å². The maximum atomic E-state index is 7.51. The quantitative estimate of drug-likeness (QED) is 0.0588. The van der Waals surface area contributed by atoms with E-state index >= 15 is 0 Å². The summed E-state index contributed by atoms with van der Waals surface area (Å²) in [5.41, 5.74) is 6.70. The van der Waals surface area contributed by atoms with Crippen molar-refractivity contribution in [1.29, 1.82) is 0 Å². The number of ether oxygens (including phenoxy) is 3. The van der Waals surface area contributed by atoms with Gasteiger partial charge >= 0.3 is 0 Å². The molecule has 0 radical (unpaired) electrons. The summed E-state index contributed by atoms with van der Waals surface area (Å²) >= 11 is 14.9. The molecule has 2 saturated carbocycles. The van der Waals surface area contributed by atoms with Gasteiger partial charge in [0.1, 0.15) is 23.7 Å². The van der Waals surface area contributed by atoms with E-state index in [1.54, 1.807) is 0 Å². The average Bonchev–Trinajstić information content (AvgIpc) is 3.32. The second-order valence-corrected chi connectivity index (χ2v) is 19.9. The molecule has 0 spiro atoms. The predicted octanol–water partition coefficient (Wildman–Crippen LogP) is 18.7. The summed E-state index contributed by atoms with van der Waals surface area (Å²) in [6, 6.07) is 30.6. The molecule has 0 aliphatic heterocycles. The van der Waals surface area contributed by atoms with Gasteiger partial charge in [0.2, 0.25) is 0 Å². The highest BCUT2D eigenvalue weighted by Crippen LogP contribution is 2.45. The van der Waals surface area contributed by atoms with Gasteiger partial charge in [0, 0.05) is 21.2 Å². The monoisotopic (exact) mass is 895 g/mol. The molecule has 0 heterocycles. The summed E-state index contributed by atoms with van der Waals surface area (Å²) in [5.74, 6) is 4.59. The molecule has 2 aliphatic carbocycles. The summed E-state index contributed by atoms with van der Waals surface area (Å²) in [5, 5.41) is 1.51. The number of rotatable bonds is 26. The summed E-state index contributed by atoms with van der Waals surface area (Å²) in [6.07, 6.45) is 26.7. The van der Waals surface area contributed by atoms with E-state index in [0.29, 0.717) is 11.8 Å². The molecule has 0 amide bonds. The topological polar surface area (TPSA) is 27.7 Å². The Bertz CT molecular complexity index is 1740. The first-order valence-corrected chi connectivity index (χ1v) is 26.4. The second kappa shape index (κ2) is 26.9. The fourth-order valence-electron chi connectivity index (χ4n) is 10.3. The molecule has 4 aromatic carbocycles. The predicted molar refractivity (Wildman–Crippen MR) is 268 cm³/mol. The van der Waals surface area contributed by atoms with Gasteiger partial charge in [-0.1, -0.05) is 176 Å². The van der Waals surface area contributed by atoms with Gasteiger partial charge < -0.3 is 14.2 Å². The van der Waals surface area contributed by atoms with Crippen molar-refractivity contribution in [2.24, 2.45) is 11.8 Å². The molecule has 2 unspecified atom stereocenters. The van der Waals surface area contributed by atoms with Gasteiger partial charge in [-0.25, -0.2) is 0 Å². The molecule has 0 N–H and O–H groups in total. The van der Waals surface area contributed by atoms with Crippen molar-refractivity contribution in [2.45, 2.75) is 193 Å². The highest BCUT2D eigenvalue weighted by molar-refractivity contribution is 6.31. The molecule has 2 atom stereocenters. The van der Waals surface area contributed by atoms with E-state index in [1.807, 2.05) is 0 Å². The van der Waals surface area contributed by atoms with Crippen LogP contribution in [0.3, 0.4) is 0 Å². The molecule has 0 aromatic heterocycles. The Hall–Kier alpha value is -2.98. The first kappa shape index (κ1) is 49.5. The smallest absolute Gasteiger partial charge is 0.119 e. The molecule has 0 bridgehead atoms. The fraction of sp³-hybridized carbons (Fsp3) is 0.586.